The maximum atomic E-state index is 4.63. The van der Waals surface area contributed by atoms with Crippen LogP contribution in [0, 0.1) is 0 Å². The first-order valence-electron chi connectivity index (χ1n) is 5.62. The Labute approximate surface area is 93.9 Å². The van der Waals surface area contributed by atoms with Gasteiger partial charge in [-0.15, -0.1) is 0 Å². The van der Waals surface area contributed by atoms with Crippen LogP contribution in [0.2, 0.25) is 0 Å². The summed E-state index contributed by atoms with van der Waals surface area (Å²) in [6.45, 7) is 2.20. The molecule has 2 fully saturated rings. The minimum atomic E-state index is 0.623. The van der Waals surface area contributed by atoms with Crippen LogP contribution in [0.25, 0.3) is 0 Å². The Morgan fingerprint density at radius 3 is 2.93 bits per heavy atom. The number of hydrogen-bond acceptors (Lipinski definition) is 5. The van der Waals surface area contributed by atoms with Crippen LogP contribution in [0.15, 0.2) is 0 Å². The summed E-state index contributed by atoms with van der Waals surface area (Å²) in [6.07, 6.45) is 3.79. The van der Waals surface area contributed by atoms with E-state index in [1.165, 1.54) is 19.3 Å². The zero-order valence-corrected chi connectivity index (χ0v) is 9.76. The van der Waals surface area contributed by atoms with Crippen molar-refractivity contribution in [3.63, 3.8) is 0 Å². The lowest BCUT2D eigenvalue weighted by molar-refractivity contribution is 0.617. The number of nitrogens with zero attached hydrogens (tertiary/aromatic N) is 3. The van der Waals surface area contributed by atoms with Gasteiger partial charge in [0, 0.05) is 36.6 Å². The molecule has 4 nitrogen and oxygen atoms in total. The Morgan fingerprint density at radius 1 is 1.40 bits per heavy atom. The predicted molar refractivity (Wildman–Crippen MR) is 61.6 cm³/mol. The van der Waals surface area contributed by atoms with Gasteiger partial charge in [-0.05, 0) is 26.3 Å². The molecule has 1 atom stereocenters. The van der Waals surface area contributed by atoms with Crippen molar-refractivity contribution in [2.45, 2.75) is 31.2 Å². The molecule has 1 aromatic heterocycles. The van der Waals surface area contributed by atoms with E-state index in [4.69, 9.17) is 0 Å². The first kappa shape index (κ1) is 9.54. The highest BCUT2D eigenvalue weighted by Gasteiger charge is 2.30. The number of rotatable bonds is 3. The molecule has 1 N–H and O–H groups in total. The molecule has 0 radical (unpaired) electrons. The molecule has 1 saturated carbocycles. The Kier molecular flexibility index (Phi) is 2.36. The van der Waals surface area contributed by atoms with Crippen LogP contribution in [-0.2, 0) is 0 Å². The van der Waals surface area contributed by atoms with E-state index in [2.05, 4.69) is 19.6 Å². The van der Waals surface area contributed by atoms with Gasteiger partial charge in [0.05, 0.1) is 0 Å². The van der Waals surface area contributed by atoms with Gasteiger partial charge in [0.15, 0.2) is 0 Å². The van der Waals surface area contributed by atoms with Crippen molar-refractivity contribution in [3.05, 3.63) is 5.82 Å². The van der Waals surface area contributed by atoms with Gasteiger partial charge in [0.25, 0.3) is 0 Å². The lowest BCUT2D eigenvalue weighted by Gasteiger charge is -2.13. The molecule has 0 spiro atoms. The summed E-state index contributed by atoms with van der Waals surface area (Å²) >= 11 is 1.56. The van der Waals surface area contributed by atoms with Gasteiger partial charge in [-0.2, -0.15) is 4.37 Å². The lowest BCUT2D eigenvalue weighted by Crippen LogP contribution is -2.29. The van der Waals surface area contributed by atoms with Crippen LogP contribution in [-0.4, -0.2) is 35.5 Å². The van der Waals surface area contributed by atoms with Gasteiger partial charge in [-0.3, -0.25) is 0 Å². The monoisotopic (exact) mass is 224 g/mol. The molecule has 1 unspecified atom stereocenters. The van der Waals surface area contributed by atoms with Crippen molar-refractivity contribution in [2.24, 2.45) is 0 Å². The third kappa shape index (κ3) is 1.86. The fourth-order valence-electron chi connectivity index (χ4n) is 2.03. The highest BCUT2D eigenvalue weighted by atomic mass is 32.1. The van der Waals surface area contributed by atoms with Crippen molar-refractivity contribution in [3.8, 4) is 0 Å². The second kappa shape index (κ2) is 3.72. The summed E-state index contributed by atoms with van der Waals surface area (Å²) in [5, 5.41) is 4.44. The van der Waals surface area contributed by atoms with Crippen LogP contribution in [0.5, 0.6) is 0 Å². The molecule has 1 aromatic rings. The minimum absolute atomic E-state index is 0.623. The van der Waals surface area contributed by atoms with E-state index in [1.807, 2.05) is 7.05 Å². The van der Waals surface area contributed by atoms with Crippen molar-refractivity contribution in [2.75, 3.05) is 25.0 Å². The fourth-order valence-corrected chi connectivity index (χ4v) is 2.81. The van der Waals surface area contributed by atoms with Crippen molar-refractivity contribution in [1.29, 1.82) is 0 Å². The minimum Gasteiger partial charge on any atom is -0.345 e. The average Bonchev–Trinajstić information content (AvgIpc) is 2.84. The van der Waals surface area contributed by atoms with E-state index in [0.29, 0.717) is 12.0 Å². The van der Waals surface area contributed by atoms with E-state index >= 15 is 0 Å². The zero-order chi connectivity index (χ0) is 10.3. The van der Waals surface area contributed by atoms with E-state index < -0.39 is 0 Å². The molecule has 1 aliphatic carbocycles. The smallest absolute Gasteiger partial charge is 0.205 e. The summed E-state index contributed by atoms with van der Waals surface area (Å²) in [4.78, 5) is 6.98. The van der Waals surface area contributed by atoms with Crippen LogP contribution in [0.4, 0.5) is 5.13 Å². The number of nitrogens with one attached hydrogen (secondary N) is 1. The van der Waals surface area contributed by atoms with Crippen LogP contribution >= 0.6 is 11.5 Å². The summed E-state index contributed by atoms with van der Waals surface area (Å²) < 4.78 is 4.44. The lowest BCUT2D eigenvalue weighted by atomic mass is 10.3. The first-order chi connectivity index (χ1) is 7.36. The van der Waals surface area contributed by atoms with Crippen LogP contribution in [0.1, 0.15) is 31.0 Å². The molecule has 0 bridgehead atoms. The quantitative estimate of drug-likeness (QED) is 0.838. The SMILES string of the molecule is CNC1CCN(c2nc(C3CC3)ns2)C1. The molecule has 3 rings (SSSR count). The third-order valence-electron chi connectivity index (χ3n) is 3.24. The molecule has 1 saturated heterocycles. The van der Waals surface area contributed by atoms with E-state index in [1.54, 1.807) is 11.5 Å². The highest BCUT2D eigenvalue weighted by molar-refractivity contribution is 7.09. The van der Waals surface area contributed by atoms with Gasteiger partial charge in [-0.25, -0.2) is 4.98 Å². The number of hydrogen-bond donors (Lipinski definition) is 1. The van der Waals surface area contributed by atoms with Crippen molar-refractivity contribution >= 4 is 16.7 Å². The highest BCUT2D eigenvalue weighted by Crippen LogP contribution is 2.39. The average molecular weight is 224 g/mol. The molecule has 0 amide bonds. The summed E-state index contributed by atoms with van der Waals surface area (Å²) in [5.41, 5.74) is 0. The Hall–Kier alpha value is -0.680. The van der Waals surface area contributed by atoms with E-state index in [9.17, 15) is 0 Å². The predicted octanol–water partition coefficient (Wildman–Crippen LogP) is 1.21. The second-order valence-electron chi connectivity index (χ2n) is 4.43. The van der Waals surface area contributed by atoms with E-state index in [0.717, 1.165) is 24.0 Å². The summed E-state index contributed by atoms with van der Waals surface area (Å²) in [7, 11) is 2.03. The van der Waals surface area contributed by atoms with Gasteiger partial charge >= 0.3 is 0 Å². The van der Waals surface area contributed by atoms with Gasteiger partial charge in [0.1, 0.15) is 5.82 Å². The molecule has 0 aromatic carbocycles. The topological polar surface area (TPSA) is 41.0 Å². The number of likely N-dealkylation sites (N-methyl/N-ethyl adjacent to an activating group) is 1. The first-order valence-corrected chi connectivity index (χ1v) is 6.40. The standard InChI is InChI=1S/C10H16N4S/c1-11-8-4-5-14(6-8)10-12-9(13-15-10)7-2-3-7/h7-8,11H,2-6H2,1H3. The van der Waals surface area contributed by atoms with E-state index in [-0.39, 0.29) is 0 Å². The zero-order valence-electron chi connectivity index (χ0n) is 8.94. The molecule has 82 valence electrons. The largest absolute Gasteiger partial charge is 0.345 e. The van der Waals surface area contributed by atoms with Crippen molar-refractivity contribution < 1.29 is 0 Å². The molecule has 1 aliphatic heterocycles. The maximum Gasteiger partial charge on any atom is 0.205 e. The maximum absolute atomic E-state index is 4.63. The number of aromatic nitrogens is 2. The fraction of sp³-hybridized carbons (Fsp3) is 0.800. The summed E-state index contributed by atoms with van der Waals surface area (Å²) in [6, 6.07) is 0.623. The molecule has 2 heterocycles. The molecule has 5 heteroatoms. The van der Waals surface area contributed by atoms with Gasteiger partial charge in [-0.1, -0.05) is 0 Å². The molecule has 2 aliphatic rings. The normalized spacial score (nSPS) is 26.2. The van der Waals surface area contributed by atoms with Gasteiger partial charge in [0.2, 0.25) is 5.13 Å². The Morgan fingerprint density at radius 2 is 2.27 bits per heavy atom. The Balaban J connectivity index is 1.70. The second-order valence-corrected chi connectivity index (χ2v) is 5.16. The Bertz CT molecular complexity index is 347. The summed E-state index contributed by atoms with van der Waals surface area (Å²) in [5.74, 6) is 1.76. The molecular formula is C10H16N4S. The molecule has 15 heavy (non-hydrogen) atoms. The van der Waals surface area contributed by atoms with Gasteiger partial charge < -0.3 is 10.2 Å². The van der Waals surface area contributed by atoms with Crippen LogP contribution < -0.4 is 10.2 Å². The van der Waals surface area contributed by atoms with Crippen molar-refractivity contribution in [1.82, 2.24) is 14.7 Å². The van der Waals surface area contributed by atoms with Crippen LogP contribution in [0.3, 0.4) is 0 Å². The molecular weight excluding hydrogens is 208 g/mol. The third-order valence-corrected chi connectivity index (χ3v) is 4.03. The number of anilines is 1.